The topological polar surface area (TPSA) is 38.0 Å². The number of thioether (sulfide) groups is 1. The molecule has 0 spiro atoms. The Kier molecular flexibility index (Phi) is 4.94. The summed E-state index contributed by atoms with van der Waals surface area (Å²) < 4.78 is 2.78. The van der Waals surface area contributed by atoms with Crippen molar-refractivity contribution in [3.8, 4) is 0 Å². The van der Waals surface area contributed by atoms with Crippen LogP contribution in [0.1, 0.15) is 44.4 Å². The van der Waals surface area contributed by atoms with Gasteiger partial charge < -0.3 is 5.11 Å². The van der Waals surface area contributed by atoms with Gasteiger partial charge in [0.2, 0.25) is 0 Å². The third-order valence-corrected chi connectivity index (χ3v) is 5.30. The maximum absolute atomic E-state index is 10.3. The van der Waals surface area contributed by atoms with Gasteiger partial charge in [-0.1, -0.05) is 12.8 Å². The second-order valence-electron chi connectivity index (χ2n) is 4.45. The zero-order chi connectivity index (χ0) is 12.3. The Morgan fingerprint density at radius 1 is 1.59 bits per heavy atom. The predicted octanol–water partition coefficient (Wildman–Crippen LogP) is 3.37. The summed E-state index contributed by atoms with van der Waals surface area (Å²) in [7, 11) is 0. The molecule has 0 bridgehead atoms. The Balaban J connectivity index is 1.93. The molecular formula is C12H19BrN2OS. The molecule has 1 saturated carbocycles. The van der Waals surface area contributed by atoms with Crippen LogP contribution in [0, 0.1) is 0 Å². The summed E-state index contributed by atoms with van der Waals surface area (Å²) in [5.74, 6) is 0.773. The van der Waals surface area contributed by atoms with E-state index in [2.05, 4.69) is 21.0 Å². The lowest BCUT2D eigenvalue weighted by molar-refractivity contribution is 0.191. The van der Waals surface area contributed by atoms with Crippen LogP contribution in [0.25, 0.3) is 0 Å². The van der Waals surface area contributed by atoms with E-state index in [4.69, 9.17) is 0 Å². The van der Waals surface area contributed by atoms with Crippen LogP contribution in [-0.4, -0.2) is 25.9 Å². The van der Waals surface area contributed by atoms with Crippen molar-refractivity contribution < 1.29 is 5.11 Å². The molecule has 0 aliphatic heterocycles. The minimum Gasteiger partial charge on any atom is -0.386 e. The van der Waals surface area contributed by atoms with Crippen LogP contribution in [0.5, 0.6) is 0 Å². The first-order valence-corrected chi connectivity index (χ1v) is 8.07. The average molecular weight is 319 g/mol. The molecule has 17 heavy (non-hydrogen) atoms. The molecule has 0 saturated heterocycles. The number of hydrogen-bond acceptors (Lipinski definition) is 3. The van der Waals surface area contributed by atoms with Crippen molar-refractivity contribution in [2.24, 2.45) is 0 Å². The van der Waals surface area contributed by atoms with Crippen LogP contribution in [0.15, 0.2) is 10.7 Å². The summed E-state index contributed by atoms with van der Waals surface area (Å²) in [6, 6.07) is 0. The number of halogens is 1. The van der Waals surface area contributed by atoms with Gasteiger partial charge in [-0.15, -0.1) is 0 Å². The monoisotopic (exact) mass is 318 g/mol. The first kappa shape index (κ1) is 13.4. The van der Waals surface area contributed by atoms with Gasteiger partial charge >= 0.3 is 0 Å². The van der Waals surface area contributed by atoms with Crippen LogP contribution in [-0.2, 0) is 6.54 Å². The molecule has 1 aliphatic carbocycles. The van der Waals surface area contributed by atoms with Gasteiger partial charge in [0.15, 0.2) is 0 Å². The van der Waals surface area contributed by atoms with Crippen molar-refractivity contribution in [2.45, 2.75) is 50.5 Å². The molecule has 1 heterocycles. The van der Waals surface area contributed by atoms with Crippen molar-refractivity contribution >= 4 is 27.7 Å². The smallest absolute Gasteiger partial charge is 0.106 e. The van der Waals surface area contributed by atoms with E-state index in [-0.39, 0.29) is 0 Å². The third kappa shape index (κ3) is 3.26. The van der Waals surface area contributed by atoms with Crippen LogP contribution >= 0.6 is 27.7 Å². The Bertz CT molecular complexity index is 363. The molecule has 96 valence electrons. The Labute approximate surface area is 115 Å². The number of aliphatic hydroxyl groups excluding tert-OH is 1. The molecular weight excluding hydrogens is 300 g/mol. The molecule has 1 aliphatic rings. The van der Waals surface area contributed by atoms with E-state index in [1.165, 1.54) is 25.7 Å². The molecule has 1 aromatic rings. The lowest BCUT2D eigenvalue weighted by atomic mass is 10.3. The number of nitrogens with zero attached hydrogens (tertiary/aromatic N) is 2. The first-order valence-electron chi connectivity index (χ1n) is 6.23. The van der Waals surface area contributed by atoms with Gasteiger partial charge in [-0.25, -0.2) is 0 Å². The number of aryl methyl sites for hydroxylation is 1. The first-order chi connectivity index (χ1) is 8.22. The highest BCUT2D eigenvalue weighted by Gasteiger charge is 2.21. The molecule has 1 N–H and O–H groups in total. The van der Waals surface area contributed by atoms with Crippen LogP contribution in [0.4, 0.5) is 0 Å². The zero-order valence-corrected chi connectivity index (χ0v) is 12.5. The minimum absolute atomic E-state index is 0.419. The second-order valence-corrected chi connectivity index (χ2v) is 6.64. The second kappa shape index (κ2) is 6.25. The molecule has 0 aromatic carbocycles. The SMILES string of the molecule is CCn1ncc(Br)c1C(O)CSC1CCCC1. The van der Waals surface area contributed by atoms with Crippen LogP contribution < -0.4 is 0 Å². The Hall–Kier alpha value is -0.0000000000000000555. The largest absolute Gasteiger partial charge is 0.386 e. The summed E-state index contributed by atoms with van der Waals surface area (Å²) >= 11 is 5.37. The van der Waals surface area contributed by atoms with E-state index in [1.807, 2.05) is 23.4 Å². The average Bonchev–Trinajstić information content (AvgIpc) is 2.94. The minimum atomic E-state index is -0.419. The number of aliphatic hydroxyl groups is 1. The molecule has 5 heteroatoms. The summed E-state index contributed by atoms with van der Waals surface area (Å²) in [5.41, 5.74) is 0.915. The molecule has 0 radical (unpaired) electrons. The van der Waals surface area contributed by atoms with E-state index in [9.17, 15) is 5.11 Å². The number of hydrogen-bond donors (Lipinski definition) is 1. The zero-order valence-electron chi connectivity index (χ0n) is 10.1. The van der Waals surface area contributed by atoms with Gasteiger partial charge in [0.1, 0.15) is 6.10 Å². The highest BCUT2D eigenvalue weighted by atomic mass is 79.9. The van der Waals surface area contributed by atoms with Gasteiger partial charge in [-0.3, -0.25) is 4.68 Å². The fraction of sp³-hybridized carbons (Fsp3) is 0.750. The van der Waals surface area contributed by atoms with Gasteiger partial charge in [0, 0.05) is 17.5 Å². The van der Waals surface area contributed by atoms with E-state index in [0.29, 0.717) is 0 Å². The van der Waals surface area contributed by atoms with Gasteiger partial charge in [-0.2, -0.15) is 16.9 Å². The van der Waals surface area contributed by atoms with Crippen molar-refractivity contribution in [3.63, 3.8) is 0 Å². The van der Waals surface area contributed by atoms with E-state index < -0.39 is 6.10 Å². The predicted molar refractivity (Wildman–Crippen MR) is 75.3 cm³/mol. The Morgan fingerprint density at radius 3 is 2.94 bits per heavy atom. The highest BCUT2D eigenvalue weighted by molar-refractivity contribution is 9.10. The van der Waals surface area contributed by atoms with Crippen molar-refractivity contribution in [2.75, 3.05) is 5.75 Å². The van der Waals surface area contributed by atoms with Crippen molar-refractivity contribution in [1.82, 2.24) is 9.78 Å². The van der Waals surface area contributed by atoms with E-state index >= 15 is 0 Å². The summed E-state index contributed by atoms with van der Waals surface area (Å²) in [5, 5.41) is 15.2. The van der Waals surface area contributed by atoms with Crippen LogP contribution in [0.2, 0.25) is 0 Å². The molecule has 1 aromatic heterocycles. The highest BCUT2D eigenvalue weighted by Crippen LogP contribution is 2.33. The summed E-state index contributed by atoms with van der Waals surface area (Å²) in [4.78, 5) is 0. The third-order valence-electron chi connectivity index (χ3n) is 3.24. The molecule has 0 amide bonds. The summed E-state index contributed by atoms with van der Waals surface area (Å²) in [6.07, 6.45) is 6.67. The van der Waals surface area contributed by atoms with Crippen molar-refractivity contribution in [1.29, 1.82) is 0 Å². The number of rotatable bonds is 5. The maximum atomic E-state index is 10.3. The van der Waals surface area contributed by atoms with Gasteiger partial charge in [-0.05, 0) is 35.7 Å². The van der Waals surface area contributed by atoms with E-state index in [1.54, 1.807) is 6.20 Å². The van der Waals surface area contributed by atoms with Gasteiger partial charge in [0.25, 0.3) is 0 Å². The lowest BCUT2D eigenvalue weighted by Crippen LogP contribution is -2.12. The normalized spacial score (nSPS) is 18.8. The lowest BCUT2D eigenvalue weighted by Gasteiger charge is -2.15. The Morgan fingerprint density at radius 2 is 2.29 bits per heavy atom. The molecule has 1 fully saturated rings. The molecule has 3 nitrogen and oxygen atoms in total. The summed E-state index contributed by atoms with van der Waals surface area (Å²) in [6.45, 7) is 2.84. The van der Waals surface area contributed by atoms with Gasteiger partial charge in [0.05, 0.1) is 16.4 Å². The fourth-order valence-corrected chi connectivity index (χ4v) is 4.16. The standard InChI is InChI=1S/C12H19BrN2OS/c1-2-15-12(10(13)7-14-15)11(16)8-17-9-5-3-4-6-9/h7,9,11,16H,2-6,8H2,1H3. The maximum Gasteiger partial charge on any atom is 0.106 e. The van der Waals surface area contributed by atoms with Crippen molar-refractivity contribution in [3.05, 3.63) is 16.4 Å². The molecule has 1 unspecified atom stereocenters. The number of aromatic nitrogens is 2. The fourth-order valence-electron chi connectivity index (χ4n) is 2.32. The quantitative estimate of drug-likeness (QED) is 0.904. The molecule has 2 rings (SSSR count). The van der Waals surface area contributed by atoms with Crippen LogP contribution in [0.3, 0.4) is 0 Å². The van der Waals surface area contributed by atoms with E-state index in [0.717, 1.165) is 27.7 Å². The molecule has 1 atom stereocenters.